The predicted octanol–water partition coefficient (Wildman–Crippen LogP) is -0.759. The van der Waals surface area contributed by atoms with Crippen LogP contribution in [-0.4, -0.2) is 45.7 Å². The molecule has 0 aromatic carbocycles. The van der Waals surface area contributed by atoms with Crippen LogP contribution in [0.25, 0.3) is 0 Å². The number of ether oxygens (including phenoxy) is 2. The maximum atomic E-state index is 8.60. The van der Waals surface area contributed by atoms with Crippen LogP contribution >= 0.6 is 0 Å². The minimum atomic E-state index is -1.08. The zero-order chi connectivity index (χ0) is 9.40. The van der Waals surface area contributed by atoms with Gasteiger partial charge < -0.3 is 19.7 Å². The van der Waals surface area contributed by atoms with Gasteiger partial charge in [0.15, 0.2) is 6.29 Å². The van der Waals surface area contributed by atoms with Crippen molar-refractivity contribution in [2.75, 3.05) is 13.7 Å². The third kappa shape index (κ3) is 6.75. The first kappa shape index (κ1) is 12.1. The van der Waals surface area contributed by atoms with Gasteiger partial charge in [0, 0.05) is 13.7 Å². The van der Waals surface area contributed by atoms with Crippen molar-refractivity contribution in [3.05, 3.63) is 0 Å². The fourth-order valence-electron chi connectivity index (χ4n) is 0.922. The van der Waals surface area contributed by atoms with Gasteiger partial charge in [-0.25, -0.2) is 0 Å². The summed E-state index contributed by atoms with van der Waals surface area (Å²) < 4.78 is 10.2. The van der Waals surface area contributed by atoms with Gasteiger partial charge in [0.05, 0.1) is 9.52 Å². The quantitative estimate of drug-likeness (QED) is 0.413. The van der Waals surface area contributed by atoms with Crippen LogP contribution in [0.1, 0.15) is 13.3 Å². The smallest absolute Gasteiger partial charge is 0.156 e. The van der Waals surface area contributed by atoms with Gasteiger partial charge in [0.25, 0.3) is 0 Å². The third-order valence-corrected chi connectivity index (χ3v) is 2.85. The largest absolute Gasteiger partial charge is 0.373 e. The predicted molar refractivity (Wildman–Crippen MR) is 48.6 cm³/mol. The Morgan fingerprint density at radius 2 is 2.08 bits per heavy atom. The van der Waals surface area contributed by atoms with Crippen molar-refractivity contribution in [1.82, 2.24) is 0 Å². The first-order chi connectivity index (χ1) is 5.70. The Kier molecular flexibility index (Phi) is 7.73. The van der Waals surface area contributed by atoms with Gasteiger partial charge in [-0.2, -0.15) is 0 Å². The molecule has 0 aliphatic carbocycles. The molecule has 0 amide bonds. The zero-order valence-electron chi connectivity index (χ0n) is 7.69. The highest BCUT2D eigenvalue weighted by molar-refractivity contribution is 6.36. The summed E-state index contributed by atoms with van der Waals surface area (Å²) in [5, 5.41) is 17.2. The molecule has 0 fully saturated rings. The highest BCUT2D eigenvalue weighted by atomic mass is 28.2. The van der Waals surface area contributed by atoms with Crippen molar-refractivity contribution < 1.29 is 19.7 Å². The van der Waals surface area contributed by atoms with Gasteiger partial charge >= 0.3 is 0 Å². The second-order valence-corrected chi connectivity index (χ2v) is 4.55. The molecule has 5 heteroatoms. The lowest BCUT2D eigenvalue weighted by molar-refractivity contribution is -0.121. The summed E-state index contributed by atoms with van der Waals surface area (Å²) in [6.45, 7) is 2.53. The molecule has 0 aromatic heterocycles. The van der Waals surface area contributed by atoms with Crippen LogP contribution in [0.5, 0.6) is 0 Å². The van der Waals surface area contributed by atoms with E-state index in [1.54, 1.807) is 7.11 Å². The zero-order valence-corrected chi connectivity index (χ0v) is 9.11. The molecule has 0 saturated carbocycles. The van der Waals surface area contributed by atoms with E-state index in [4.69, 9.17) is 19.7 Å². The number of rotatable bonds is 7. The van der Waals surface area contributed by atoms with E-state index in [2.05, 4.69) is 0 Å². The molecule has 0 rings (SSSR count). The average Bonchev–Trinajstić information content (AvgIpc) is 2.02. The van der Waals surface area contributed by atoms with Crippen molar-refractivity contribution in [3.8, 4) is 0 Å². The normalized spacial score (nSPS) is 14.8. The Balaban J connectivity index is 3.31. The summed E-state index contributed by atoms with van der Waals surface area (Å²) in [6, 6.07) is 0.830. The van der Waals surface area contributed by atoms with Gasteiger partial charge in [0.1, 0.15) is 5.91 Å². The molecule has 0 spiro atoms. The minimum Gasteiger partial charge on any atom is -0.373 e. The van der Waals surface area contributed by atoms with Crippen LogP contribution in [0.2, 0.25) is 6.04 Å². The second-order valence-electron chi connectivity index (χ2n) is 2.53. The van der Waals surface area contributed by atoms with Crippen LogP contribution in [0.4, 0.5) is 0 Å². The Hall–Kier alpha value is 0.0569. The Morgan fingerprint density at radius 1 is 1.42 bits per heavy atom. The minimum absolute atomic E-state index is 0.179. The van der Waals surface area contributed by atoms with E-state index in [-0.39, 0.29) is 6.29 Å². The highest BCUT2D eigenvalue weighted by Crippen LogP contribution is 2.03. The van der Waals surface area contributed by atoms with E-state index >= 15 is 0 Å². The van der Waals surface area contributed by atoms with Crippen molar-refractivity contribution in [3.63, 3.8) is 0 Å². The summed E-state index contributed by atoms with van der Waals surface area (Å²) in [5.74, 6) is -1.08. The SMILES string of the molecule is CCOC(CC[SiH2]C(O)O)OC. The lowest BCUT2D eigenvalue weighted by Gasteiger charge is -2.14. The summed E-state index contributed by atoms with van der Waals surface area (Å²) in [6.07, 6.45) is 0.579. The van der Waals surface area contributed by atoms with E-state index in [9.17, 15) is 0 Å². The Labute approximate surface area is 75.3 Å². The maximum Gasteiger partial charge on any atom is 0.156 e. The monoisotopic (exact) mass is 194 g/mol. The lowest BCUT2D eigenvalue weighted by atomic mass is 10.5. The van der Waals surface area contributed by atoms with Crippen molar-refractivity contribution in [1.29, 1.82) is 0 Å². The molecule has 0 aliphatic rings. The number of aliphatic hydroxyl groups excluding tert-OH is 1. The molecule has 0 saturated heterocycles. The van der Waals surface area contributed by atoms with Gasteiger partial charge in [-0.15, -0.1) is 0 Å². The molecule has 1 atom stereocenters. The van der Waals surface area contributed by atoms with Crippen LogP contribution in [-0.2, 0) is 9.47 Å². The van der Waals surface area contributed by atoms with E-state index in [0.29, 0.717) is 6.61 Å². The topological polar surface area (TPSA) is 58.9 Å². The number of hydrogen-bond acceptors (Lipinski definition) is 4. The summed E-state index contributed by atoms with van der Waals surface area (Å²) in [5.41, 5.74) is 0. The number of hydrogen-bond donors (Lipinski definition) is 2. The van der Waals surface area contributed by atoms with Crippen molar-refractivity contribution >= 4 is 9.52 Å². The molecule has 0 radical (unpaired) electrons. The Bertz CT molecular complexity index is 99.4. The second kappa shape index (κ2) is 7.69. The number of methoxy groups -OCH3 is 1. The molecule has 74 valence electrons. The summed E-state index contributed by atoms with van der Waals surface area (Å²) in [4.78, 5) is 0. The highest BCUT2D eigenvalue weighted by Gasteiger charge is 2.07. The first-order valence-electron chi connectivity index (χ1n) is 4.21. The van der Waals surface area contributed by atoms with Gasteiger partial charge in [0.2, 0.25) is 0 Å². The number of aliphatic hydroxyl groups is 2. The van der Waals surface area contributed by atoms with E-state index in [0.717, 1.165) is 12.5 Å². The maximum absolute atomic E-state index is 8.60. The fraction of sp³-hybridized carbons (Fsp3) is 1.00. The summed E-state index contributed by atoms with van der Waals surface area (Å²) >= 11 is 0. The van der Waals surface area contributed by atoms with Gasteiger partial charge in [-0.3, -0.25) is 0 Å². The molecule has 12 heavy (non-hydrogen) atoms. The van der Waals surface area contributed by atoms with E-state index < -0.39 is 15.4 Å². The Morgan fingerprint density at radius 3 is 2.50 bits per heavy atom. The van der Waals surface area contributed by atoms with E-state index in [1.165, 1.54) is 0 Å². The van der Waals surface area contributed by atoms with Crippen LogP contribution in [0.3, 0.4) is 0 Å². The summed E-state index contributed by atoms with van der Waals surface area (Å²) in [7, 11) is 0.823. The van der Waals surface area contributed by atoms with Gasteiger partial charge in [-0.1, -0.05) is 6.04 Å². The van der Waals surface area contributed by atoms with Gasteiger partial charge in [-0.05, 0) is 13.3 Å². The lowest BCUT2D eigenvalue weighted by Crippen LogP contribution is -2.20. The first-order valence-corrected chi connectivity index (χ1v) is 6.02. The molecule has 0 heterocycles. The fourth-order valence-corrected chi connectivity index (χ4v) is 1.86. The molecule has 1 unspecified atom stereocenters. The molecular weight excluding hydrogens is 176 g/mol. The molecule has 4 nitrogen and oxygen atoms in total. The molecule has 0 aromatic rings. The van der Waals surface area contributed by atoms with Crippen LogP contribution in [0, 0.1) is 0 Å². The van der Waals surface area contributed by atoms with Crippen molar-refractivity contribution in [2.24, 2.45) is 0 Å². The third-order valence-electron chi connectivity index (χ3n) is 1.52. The average molecular weight is 194 g/mol. The molecule has 0 bridgehead atoms. The standard InChI is InChI=1S/C7H18O4Si/c1-3-11-6(10-2)4-5-12-7(8)9/h6-9H,3-5,12H2,1-2H3. The van der Waals surface area contributed by atoms with Crippen LogP contribution < -0.4 is 0 Å². The van der Waals surface area contributed by atoms with E-state index in [1.807, 2.05) is 6.92 Å². The molecular formula is C7H18O4Si. The molecule has 0 aliphatic heterocycles. The van der Waals surface area contributed by atoms with Crippen molar-refractivity contribution in [2.45, 2.75) is 31.6 Å². The van der Waals surface area contributed by atoms with Crippen LogP contribution in [0.15, 0.2) is 0 Å². The molecule has 2 N–H and O–H groups in total.